The second kappa shape index (κ2) is 4.51. The number of aromatic carboxylic acids is 1. The number of carbonyl (C=O) groups excluding carboxylic acids is 1. The lowest BCUT2D eigenvalue weighted by Crippen LogP contribution is -2.22. The number of carbonyl (C=O) groups is 1. The Kier molecular flexibility index (Phi) is 3.06. The average molecular weight is 252 g/mol. The molecule has 0 unspecified atom stereocenters. The van der Waals surface area contributed by atoms with E-state index in [-0.39, 0.29) is 10.8 Å². The minimum atomic E-state index is -1.26. The van der Waals surface area contributed by atoms with Crippen LogP contribution in [0.5, 0.6) is 0 Å². The second-order valence-corrected chi connectivity index (χ2v) is 3.75. The van der Waals surface area contributed by atoms with E-state index in [4.69, 9.17) is 20.4 Å². The highest BCUT2D eigenvalue weighted by Crippen LogP contribution is 2.18. The van der Waals surface area contributed by atoms with E-state index in [1.54, 1.807) is 31.2 Å². The summed E-state index contributed by atoms with van der Waals surface area (Å²) in [6, 6.07) is 4.70. The van der Waals surface area contributed by atoms with Crippen LogP contribution in [0.25, 0.3) is 12.2 Å². The van der Waals surface area contributed by atoms with Crippen LogP contribution in [0.15, 0.2) is 27.0 Å². The number of hydrogen-bond acceptors (Lipinski definition) is 4. The van der Waals surface area contributed by atoms with Crippen LogP contribution in [0, 0.1) is 6.92 Å². The highest BCUT2D eigenvalue weighted by Gasteiger charge is 2.06. The van der Waals surface area contributed by atoms with Crippen molar-refractivity contribution >= 4 is 29.7 Å². The van der Waals surface area contributed by atoms with E-state index in [0.717, 1.165) is 0 Å². The molecule has 0 spiro atoms. The molecule has 5 heteroatoms. The van der Waals surface area contributed by atoms with Crippen LogP contribution in [0.1, 0.15) is 27.6 Å². The number of furan rings is 2. The lowest BCUT2D eigenvalue weighted by atomic mass is 10.2. The molecule has 0 saturated heterocycles. The SMILES string of the molecule is Cc1oc(/C=C/c2ccc(Cl)o2)cc1C(=O)[O-]. The number of aryl methyl sites for hydroxylation is 1. The predicted octanol–water partition coefficient (Wildman–Crippen LogP) is 2.37. The van der Waals surface area contributed by atoms with Crippen molar-refractivity contribution < 1.29 is 18.7 Å². The molecule has 0 amide bonds. The predicted molar refractivity (Wildman–Crippen MR) is 60.4 cm³/mol. The first-order valence-corrected chi connectivity index (χ1v) is 5.19. The standard InChI is InChI=1S/C12H9ClO4/c1-7-10(12(14)15)6-9(16-7)3-2-8-4-5-11(13)17-8/h2-6H,1H3,(H,14,15)/p-1/b3-2+. The summed E-state index contributed by atoms with van der Waals surface area (Å²) >= 11 is 5.60. The van der Waals surface area contributed by atoms with Crippen LogP contribution in [-0.4, -0.2) is 5.97 Å². The average Bonchev–Trinajstić information content (AvgIpc) is 2.82. The van der Waals surface area contributed by atoms with Gasteiger partial charge >= 0.3 is 0 Å². The number of rotatable bonds is 3. The van der Waals surface area contributed by atoms with E-state index >= 15 is 0 Å². The normalized spacial score (nSPS) is 11.2. The van der Waals surface area contributed by atoms with Gasteiger partial charge in [0.25, 0.3) is 0 Å². The third kappa shape index (κ3) is 2.60. The molecule has 88 valence electrons. The Labute approximate surface area is 102 Å². The molecule has 2 aromatic heterocycles. The summed E-state index contributed by atoms with van der Waals surface area (Å²) in [5, 5.41) is 11.0. The van der Waals surface area contributed by atoms with E-state index in [9.17, 15) is 9.90 Å². The summed E-state index contributed by atoms with van der Waals surface area (Å²) in [6.45, 7) is 1.56. The molecule has 4 nitrogen and oxygen atoms in total. The topological polar surface area (TPSA) is 66.4 Å². The van der Waals surface area contributed by atoms with Crippen LogP contribution in [0.2, 0.25) is 5.22 Å². The Hall–Kier alpha value is -1.94. The zero-order valence-electron chi connectivity index (χ0n) is 8.90. The first-order chi connectivity index (χ1) is 8.06. The van der Waals surface area contributed by atoms with Crippen molar-refractivity contribution in [3.05, 3.63) is 46.3 Å². The van der Waals surface area contributed by atoms with E-state index in [2.05, 4.69) is 0 Å². The maximum Gasteiger partial charge on any atom is 0.193 e. The fourth-order valence-corrected chi connectivity index (χ4v) is 1.52. The molecule has 2 rings (SSSR count). The van der Waals surface area contributed by atoms with Crippen LogP contribution >= 0.6 is 11.6 Å². The number of carboxylic acids is 1. The molecule has 0 radical (unpaired) electrons. The zero-order valence-corrected chi connectivity index (χ0v) is 9.65. The van der Waals surface area contributed by atoms with Crippen molar-refractivity contribution in [2.24, 2.45) is 0 Å². The quantitative estimate of drug-likeness (QED) is 0.840. The van der Waals surface area contributed by atoms with Crippen molar-refractivity contribution in [2.75, 3.05) is 0 Å². The number of hydrogen-bond donors (Lipinski definition) is 0. The van der Waals surface area contributed by atoms with Gasteiger partial charge in [0.2, 0.25) is 0 Å². The minimum Gasteiger partial charge on any atom is -0.545 e. The molecule has 0 bridgehead atoms. The molecular formula is C12H8ClO4-. The second-order valence-electron chi connectivity index (χ2n) is 3.38. The van der Waals surface area contributed by atoms with E-state index in [1.807, 2.05) is 0 Å². The number of carboxylic acid groups (broad SMARTS) is 1. The summed E-state index contributed by atoms with van der Waals surface area (Å²) in [7, 11) is 0. The van der Waals surface area contributed by atoms with Gasteiger partial charge < -0.3 is 18.7 Å². The van der Waals surface area contributed by atoms with Crippen LogP contribution < -0.4 is 5.11 Å². The van der Waals surface area contributed by atoms with Gasteiger partial charge in [-0.1, -0.05) is 0 Å². The van der Waals surface area contributed by atoms with E-state index in [1.165, 1.54) is 6.07 Å². The Morgan fingerprint density at radius 3 is 2.53 bits per heavy atom. The minimum absolute atomic E-state index is 0.0436. The highest BCUT2D eigenvalue weighted by molar-refractivity contribution is 6.28. The lowest BCUT2D eigenvalue weighted by molar-refractivity contribution is -0.255. The van der Waals surface area contributed by atoms with Gasteiger partial charge in [0, 0.05) is 5.56 Å². The van der Waals surface area contributed by atoms with Gasteiger partial charge in [0.15, 0.2) is 5.22 Å². The summed E-state index contributed by atoms with van der Waals surface area (Å²) in [6.07, 6.45) is 3.22. The maximum atomic E-state index is 10.7. The summed E-state index contributed by atoms with van der Waals surface area (Å²) in [5.41, 5.74) is 0.0436. The van der Waals surface area contributed by atoms with E-state index < -0.39 is 5.97 Å². The molecule has 0 aliphatic heterocycles. The van der Waals surface area contributed by atoms with Gasteiger partial charge in [-0.05, 0) is 48.9 Å². The Morgan fingerprint density at radius 2 is 2.00 bits per heavy atom. The maximum absolute atomic E-state index is 10.7. The fourth-order valence-electron chi connectivity index (χ4n) is 1.37. The zero-order chi connectivity index (χ0) is 12.4. The smallest absolute Gasteiger partial charge is 0.193 e. The Bertz CT molecular complexity index is 577. The van der Waals surface area contributed by atoms with Gasteiger partial charge in [-0.3, -0.25) is 0 Å². The number of halogens is 1. The molecule has 0 saturated carbocycles. The fraction of sp³-hybridized carbons (Fsp3) is 0.0833. The van der Waals surface area contributed by atoms with Gasteiger partial charge in [-0.2, -0.15) is 0 Å². The lowest BCUT2D eigenvalue weighted by Gasteiger charge is -1.95. The molecular weight excluding hydrogens is 244 g/mol. The summed E-state index contributed by atoms with van der Waals surface area (Å²) in [4.78, 5) is 10.7. The van der Waals surface area contributed by atoms with E-state index in [0.29, 0.717) is 17.3 Å². The molecule has 0 atom stereocenters. The van der Waals surface area contributed by atoms with Crippen molar-refractivity contribution in [2.45, 2.75) is 6.92 Å². The van der Waals surface area contributed by atoms with Crippen molar-refractivity contribution in [3.8, 4) is 0 Å². The van der Waals surface area contributed by atoms with Gasteiger partial charge in [-0.25, -0.2) is 0 Å². The monoisotopic (exact) mass is 251 g/mol. The van der Waals surface area contributed by atoms with Gasteiger partial charge in [-0.15, -0.1) is 0 Å². The van der Waals surface area contributed by atoms with Crippen molar-refractivity contribution in [1.82, 2.24) is 0 Å². The molecule has 0 aromatic carbocycles. The first kappa shape index (κ1) is 11.5. The Balaban J connectivity index is 2.22. The largest absolute Gasteiger partial charge is 0.545 e. The third-order valence-electron chi connectivity index (χ3n) is 2.16. The summed E-state index contributed by atoms with van der Waals surface area (Å²) < 4.78 is 10.3. The third-order valence-corrected chi connectivity index (χ3v) is 2.37. The van der Waals surface area contributed by atoms with Crippen molar-refractivity contribution in [1.29, 1.82) is 0 Å². The summed E-state index contributed by atoms with van der Waals surface area (Å²) in [5.74, 6) is 0.0161. The van der Waals surface area contributed by atoms with Gasteiger partial charge in [0.1, 0.15) is 17.3 Å². The molecule has 0 aliphatic carbocycles. The molecule has 0 fully saturated rings. The highest BCUT2D eigenvalue weighted by atomic mass is 35.5. The van der Waals surface area contributed by atoms with Crippen LogP contribution in [-0.2, 0) is 0 Å². The molecule has 17 heavy (non-hydrogen) atoms. The van der Waals surface area contributed by atoms with Crippen LogP contribution in [0.3, 0.4) is 0 Å². The molecule has 0 aliphatic rings. The molecule has 2 heterocycles. The first-order valence-electron chi connectivity index (χ1n) is 4.81. The Morgan fingerprint density at radius 1 is 1.29 bits per heavy atom. The van der Waals surface area contributed by atoms with Crippen LogP contribution in [0.4, 0.5) is 0 Å². The van der Waals surface area contributed by atoms with Crippen molar-refractivity contribution in [3.63, 3.8) is 0 Å². The molecule has 0 N–H and O–H groups in total. The van der Waals surface area contributed by atoms with Gasteiger partial charge in [0.05, 0.1) is 5.97 Å². The molecule has 2 aromatic rings.